The molecule has 1 aromatic rings. The van der Waals surface area contributed by atoms with Crippen molar-refractivity contribution in [3.8, 4) is 11.5 Å². The van der Waals surface area contributed by atoms with Gasteiger partial charge < -0.3 is 14.6 Å². The van der Waals surface area contributed by atoms with Gasteiger partial charge in [0.15, 0.2) is 11.5 Å². The highest BCUT2D eigenvalue weighted by Crippen LogP contribution is 2.35. The van der Waals surface area contributed by atoms with Crippen molar-refractivity contribution in [3.05, 3.63) is 27.8 Å². The quantitative estimate of drug-likeness (QED) is 0.610. The molecule has 1 rings (SSSR count). The number of methoxy groups -OCH3 is 1. The number of benzene rings is 1. The van der Waals surface area contributed by atoms with Gasteiger partial charge in [-0.3, -0.25) is 10.1 Å². The maximum absolute atomic E-state index is 11.0. The van der Waals surface area contributed by atoms with Gasteiger partial charge in [-0.2, -0.15) is 0 Å². The minimum Gasteiger partial charge on any atom is -0.493 e. The van der Waals surface area contributed by atoms with E-state index in [4.69, 9.17) is 14.6 Å². The second-order valence-corrected chi connectivity index (χ2v) is 4.14. The van der Waals surface area contributed by atoms with Gasteiger partial charge in [0.2, 0.25) is 0 Å². The van der Waals surface area contributed by atoms with Crippen molar-refractivity contribution in [3.63, 3.8) is 0 Å². The summed E-state index contributed by atoms with van der Waals surface area (Å²) in [4.78, 5) is 21.2. The lowest BCUT2D eigenvalue weighted by Crippen LogP contribution is -2.15. The average Bonchev–Trinajstić information content (AvgIpc) is 2.43. The smallest absolute Gasteiger partial charge is 0.342 e. The van der Waals surface area contributed by atoms with Gasteiger partial charge in [0, 0.05) is 6.07 Å². The fourth-order valence-corrected chi connectivity index (χ4v) is 1.76. The van der Waals surface area contributed by atoms with Crippen LogP contribution in [0.15, 0.2) is 12.1 Å². The number of carboxylic acid groups (broad SMARTS) is 1. The number of aromatic carboxylic acids is 1. The maximum atomic E-state index is 11.0. The number of nitrogens with zero attached hydrogens (tertiary/aromatic N) is 1. The van der Waals surface area contributed by atoms with Crippen LogP contribution in [0.4, 0.5) is 5.69 Å². The van der Waals surface area contributed by atoms with E-state index in [1.807, 2.05) is 13.8 Å². The molecule has 0 aliphatic heterocycles. The highest BCUT2D eigenvalue weighted by Gasteiger charge is 2.25. The van der Waals surface area contributed by atoms with Crippen LogP contribution in [0.3, 0.4) is 0 Å². The Hall–Kier alpha value is -2.31. The van der Waals surface area contributed by atoms with Gasteiger partial charge >= 0.3 is 5.97 Å². The topological polar surface area (TPSA) is 98.9 Å². The van der Waals surface area contributed by atoms with Gasteiger partial charge in [0.05, 0.1) is 24.2 Å². The van der Waals surface area contributed by atoms with Crippen molar-refractivity contribution in [1.29, 1.82) is 0 Å². The largest absolute Gasteiger partial charge is 0.493 e. The zero-order valence-electron chi connectivity index (χ0n) is 11.6. The summed E-state index contributed by atoms with van der Waals surface area (Å²) in [5.41, 5.74) is -0.942. The number of hydrogen-bond acceptors (Lipinski definition) is 5. The van der Waals surface area contributed by atoms with Crippen LogP contribution in [-0.2, 0) is 0 Å². The molecule has 0 radical (unpaired) electrons. The number of hydrogen-bond donors (Lipinski definition) is 1. The maximum Gasteiger partial charge on any atom is 0.342 e. The van der Waals surface area contributed by atoms with Gasteiger partial charge in [-0.05, 0) is 12.8 Å². The number of carboxylic acids is 1. The van der Waals surface area contributed by atoms with Crippen molar-refractivity contribution in [2.24, 2.45) is 0 Å². The Kier molecular flexibility index (Phi) is 5.31. The van der Waals surface area contributed by atoms with Crippen LogP contribution >= 0.6 is 0 Å². The Morgan fingerprint density at radius 1 is 1.35 bits per heavy atom. The monoisotopic (exact) mass is 283 g/mol. The molecule has 7 heteroatoms. The molecule has 0 unspecified atom stereocenters. The molecule has 0 saturated heterocycles. The highest BCUT2D eigenvalue weighted by atomic mass is 16.6. The van der Waals surface area contributed by atoms with E-state index < -0.39 is 22.1 Å². The summed E-state index contributed by atoms with van der Waals surface area (Å²) in [5.74, 6) is -1.04. The van der Waals surface area contributed by atoms with E-state index in [2.05, 4.69) is 0 Å². The molecule has 110 valence electrons. The second kappa shape index (κ2) is 6.74. The molecule has 0 aliphatic rings. The Morgan fingerprint density at radius 3 is 2.35 bits per heavy atom. The summed E-state index contributed by atoms with van der Waals surface area (Å²) in [6, 6.07) is 2.21. The normalized spacial score (nSPS) is 10.4. The van der Waals surface area contributed by atoms with Crippen molar-refractivity contribution in [1.82, 2.24) is 0 Å². The lowest BCUT2D eigenvalue weighted by Gasteiger charge is -2.18. The molecule has 1 N–H and O–H groups in total. The molecule has 7 nitrogen and oxygen atoms in total. The van der Waals surface area contributed by atoms with Crippen LogP contribution in [0.25, 0.3) is 0 Å². The lowest BCUT2D eigenvalue weighted by atomic mass is 10.1. The van der Waals surface area contributed by atoms with Crippen molar-refractivity contribution >= 4 is 11.7 Å². The van der Waals surface area contributed by atoms with E-state index in [0.29, 0.717) is 0 Å². The number of rotatable bonds is 7. The molecular weight excluding hydrogens is 266 g/mol. The first-order chi connectivity index (χ1) is 9.44. The van der Waals surface area contributed by atoms with Gasteiger partial charge in [0.25, 0.3) is 5.69 Å². The standard InChI is InChI=1S/C13H17NO6/c1-4-8(5-2)20-12-7-10(14(17)18)9(13(15)16)6-11(12)19-3/h6-8H,4-5H2,1-3H3,(H,15,16). The molecule has 0 amide bonds. The number of carbonyl (C=O) groups is 1. The number of ether oxygens (including phenoxy) is 2. The Labute approximate surface area is 116 Å². The van der Waals surface area contributed by atoms with E-state index in [1.54, 1.807) is 0 Å². The van der Waals surface area contributed by atoms with E-state index in [0.717, 1.165) is 25.0 Å². The highest BCUT2D eigenvalue weighted by molar-refractivity contribution is 5.93. The van der Waals surface area contributed by atoms with Crippen molar-refractivity contribution < 1.29 is 24.3 Å². The molecule has 20 heavy (non-hydrogen) atoms. The molecule has 1 aromatic carbocycles. The first kappa shape index (κ1) is 15.7. The molecule has 0 saturated carbocycles. The third-order valence-corrected chi connectivity index (χ3v) is 2.91. The predicted molar refractivity (Wildman–Crippen MR) is 71.6 cm³/mol. The zero-order valence-corrected chi connectivity index (χ0v) is 11.6. The first-order valence-electron chi connectivity index (χ1n) is 6.20. The molecule has 0 aliphatic carbocycles. The summed E-state index contributed by atoms with van der Waals surface area (Å²) >= 11 is 0. The Morgan fingerprint density at radius 2 is 1.95 bits per heavy atom. The van der Waals surface area contributed by atoms with Crippen LogP contribution < -0.4 is 9.47 Å². The molecule has 0 fully saturated rings. The van der Waals surface area contributed by atoms with Gasteiger partial charge in [-0.15, -0.1) is 0 Å². The van der Waals surface area contributed by atoms with Gasteiger partial charge in [-0.1, -0.05) is 13.8 Å². The summed E-state index contributed by atoms with van der Waals surface area (Å²) in [6.07, 6.45) is 1.35. The minimum atomic E-state index is -1.39. The van der Waals surface area contributed by atoms with Crippen molar-refractivity contribution in [2.75, 3.05) is 7.11 Å². The fraction of sp³-hybridized carbons (Fsp3) is 0.462. The molecule has 0 spiro atoms. The van der Waals surface area contributed by atoms with Crippen LogP contribution in [-0.4, -0.2) is 29.2 Å². The third kappa shape index (κ3) is 3.37. The van der Waals surface area contributed by atoms with Gasteiger partial charge in [0.1, 0.15) is 5.56 Å². The number of nitro groups is 1. The lowest BCUT2D eigenvalue weighted by molar-refractivity contribution is -0.385. The first-order valence-corrected chi connectivity index (χ1v) is 6.20. The SMILES string of the molecule is CCC(CC)Oc1cc([N+](=O)[O-])c(C(=O)O)cc1OC. The summed E-state index contributed by atoms with van der Waals surface area (Å²) in [6.45, 7) is 3.86. The minimum absolute atomic E-state index is 0.112. The van der Waals surface area contributed by atoms with Crippen LogP contribution in [0.1, 0.15) is 37.0 Å². The van der Waals surface area contributed by atoms with E-state index in [-0.39, 0.29) is 17.6 Å². The zero-order chi connectivity index (χ0) is 15.3. The van der Waals surface area contributed by atoms with Crippen molar-refractivity contribution in [2.45, 2.75) is 32.8 Å². The van der Waals surface area contributed by atoms with Crippen LogP contribution in [0.2, 0.25) is 0 Å². The summed E-state index contributed by atoms with van der Waals surface area (Å²) < 4.78 is 10.7. The van der Waals surface area contributed by atoms with E-state index in [1.165, 1.54) is 7.11 Å². The predicted octanol–water partition coefficient (Wildman–Crippen LogP) is 2.87. The van der Waals surface area contributed by atoms with E-state index >= 15 is 0 Å². The molecule has 0 aromatic heterocycles. The van der Waals surface area contributed by atoms with E-state index in [9.17, 15) is 14.9 Å². The van der Waals surface area contributed by atoms with Crippen LogP contribution in [0, 0.1) is 10.1 Å². The number of nitro benzene ring substituents is 1. The second-order valence-electron chi connectivity index (χ2n) is 4.14. The molecular formula is C13H17NO6. The Balaban J connectivity index is 3.33. The molecule has 0 bridgehead atoms. The fourth-order valence-electron chi connectivity index (χ4n) is 1.76. The summed E-state index contributed by atoms with van der Waals surface area (Å²) in [5, 5.41) is 19.9. The summed E-state index contributed by atoms with van der Waals surface area (Å²) in [7, 11) is 1.35. The molecule has 0 atom stereocenters. The van der Waals surface area contributed by atoms with Crippen LogP contribution in [0.5, 0.6) is 11.5 Å². The Bertz CT molecular complexity index is 510. The molecule has 0 heterocycles. The van der Waals surface area contributed by atoms with Gasteiger partial charge in [-0.25, -0.2) is 4.79 Å². The third-order valence-electron chi connectivity index (χ3n) is 2.91. The average molecular weight is 283 g/mol.